The average Bonchev–Trinajstić information content (AvgIpc) is 2.85. The van der Waals surface area contributed by atoms with Gasteiger partial charge in [-0.25, -0.2) is 0 Å². The van der Waals surface area contributed by atoms with Crippen LogP contribution in [0.15, 0.2) is 0 Å². The number of rotatable bonds is 4. The second-order valence-electron chi connectivity index (χ2n) is 5.20. The standard InChI is InChI=1S/C12H23BrN2/c1-11(8-13)9-14-7-4-12(10-14)15-5-2-3-6-15/h11-12H,2-10H2,1H3. The molecule has 2 aliphatic rings. The van der Waals surface area contributed by atoms with Gasteiger partial charge in [-0.1, -0.05) is 22.9 Å². The summed E-state index contributed by atoms with van der Waals surface area (Å²) >= 11 is 3.57. The van der Waals surface area contributed by atoms with Crippen molar-refractivity contribution in [2.75, 3.05) is 38.1 Å². The smallest absolute Gasteiger partial charge is 0.0235 e. The highest BCUT2D eigenvalue weighted by molar-refractivity contribution is 9.09. The van der Waals surface area contributed by atoms with E-state index < -0.39 is 0 Å². The Morgan fingerprint density at radius 2 is 2.00 bits per heavy atom. The third kappa shape index (κ3) is 3.18. The van der Waals surface area contributed by atoms with Crippen LogP contribution in [0.1, 0.15) is 26.2 Å². The Kier molecular flexibility index (Phi) is 4.47. The average molecular weight is 275 g/mol. The van der Waals surface area contributed by atoms with E-state index in [1.54, 1.807) is 0 Å². The van der Waals surface area contributed by atoms with Crippen LogP contribution in [-0.2, 0) is 0 Å². The van der Waals surface area contributed by atoms with Gasteiger partial charge in [0.15, 0.2) is 0 Å². The van der Waals surface area contributed by atoms with Gasteiger partial charge in [-0.3, -0.25) is 4.90 Å². The van der Waals surface area contributed by atoms with Crippen molar-refractivity contribution in [3.8, 4) is 0 Å². The van der Waals surface area contributed by atoms with Crippen molar-refractivity contribution in [2.24, 2.45) is 5.92 Å². The minimum atomic E-state index is 0.794. The van der Waals surface area contributed by atoms with E-state index in [0.29, 0.717) is 0 Å². The number of hydrogen-bond acceptors (Lipinski definition) is 2. The fraction of sp³-hybridized carbons (Fsp3) is 1.00. The first-order valence-corrected chi connectivity index (χ1v) is 7.44. The molecule has 0 spiro atoms. The quantitative estimate of drug-likeness (QED) is 0.726. The minimum absolute atomic E-state index is 0.794. The lowest BCUT2D eigenvalue weighted by Gasteiger charge is -2.24. The second-order valence-corrected chi connectivity index (χ2v) is 5.85. The lowest BCUT2D eigenvalue weighted by molar-refractivity contribution is 0.224. The molecule has 0 aromatic heterocycles. The van der Waals surface area contributed by atoms with Gasteiger partial charge in [-0.15, -0.1) is 0 Å². The highest BCUT2D eigenvalue weighted by atomic mass is 79.9. The van der Waals surface area contributed by atoms with Gasteiger partial charge in [0, 0.05) is 24.5 Å². The fourth-order valence-electron chi connectivity index (χ4n) is 2.87. The molecule has 2 fully saturated rings. The van der Waals surface area contributed by atoms with Gasteiger partial charge in [0.1, 0.15) is 0 Å². The second kappa shape index (κ2) is 5.65. The van der Waals surface area contributed by atoms with Gasteiger partial charge in [0.25, 0.3) is 0 Å². The Morgan fingerprint density at radius 3 is 2.67 bits per heavy atom. The minimum Gasteiger partial charge on any atom is -0.301 e. The zero-order chi connectivity index (χ0) is 10.7. The van der Waals surface area contributed by atoms with Gasteiger partial charge >= 0.3 is 0 Å². The summed E-state index contributed by atoms with van der Waals surface area (Å²) in [7, 11) is 0. The molecule has 88 valence electrons. The highest BCUT2D eigenvalue weighted by Gasteiger charge is 2.29. The molecule has 0 saturated carbocycles. The van der Waals surface area contributed by atoms with Crippen molar-refractivity contribution < 1.29 is 0 Å². The molecule has 0 aromatic rings. The molecule has 2 unspecified atom stereocenters. The Morgan fingerprint density at radius 1 is 1.27 bits per heavy atom. The van der Waals surface area contributed by atoms with Gasteiger partial charge in [-0.2, -0.15) is 0 Å². The molecular weight excluding hydrogens is 252 g/mol. The fourth-order valence-corrected chi connectivity index (χ4v) is 3.08. The molecule has 2 nitrogen and oxygen atoms in total. The van der Waals surface area contributed by atoms with E-state index in [1.807, 2.05) is 0 Å². The Bertz CT molecular complexity index is 192. The maximum absolute atomic E-state index is 3.57. The molecule has 15 heavy (non-hydrogen) atoms. The van der Waals surface area contributed by atoms with E-state index in [9.17, 15) is 0 Å². The van der Waals surface area contributed by atoms with Gasteiger partial charge < -0.3 is 4.90 Å². The Hall–Kier alpha value is 0.400. The van der Waals surface area contributed by atoms with Crippen LogP contribution in [0.2, 0.25) is 0 Å². The predicted molar refractivity (Wildman–Crippen MR) is 68.6 cm³/mol. The lowest BCUT2D eigenvalue weighted by atomic mass is 10.2. The molecule has 2 aliphatic heterocycles. The van der Waals surface area contributed by atoms with Gasteiger partial charge in [0.05, 0.1) is 0 Å². The molecule has 0 radical (unpaired) electrons. The molecule has 0 amide bonds. The Labute approximate surface area is 102 Å². The van der Waals surface area contributed by atoms with Crippen molar-refractivity contribution in [3.63, 3.8) is 0 Å². The molecule has 2 atom stereocenters. The van der Waals surface area contributed by atoms with E-state index in [4.69, 9.17) is 0 Å². The molecule has 2 rings (SSSR count). The normalized spacial score (nSPS) is 31.2. The molecule has 0 N–H and O–H groups in total. The molecular formula is C12H23BrN2. The zero-order valence-electron chi connectivity index (χ0n) is 9.79. The number of nitrogens with zero attached hydrogens (tertiary/aromatic N) is 2. The highest BCUT2D eigenvalue weighted by Crippen LogP contribution is 2.21. The van der Waals surface area contributed by atoms with Crippen molar-refractivity contribution >= 4 is 15.9 Å². The van der Waals surface area contributed by atoms with Crippen LogP contribution in [0.5, 0.6) is 0 Å². The molecule has 0 bridgehead atoms. The SMILES string of the molecule is CC(CBr)CN1CCC(N2CCCC2)C1. The van der Waals surface area contributed by atoms with E-state index >= 15 is 0 Å². The summed E-state index contributed by atoms with van der Waals surface area (Å²) in [5.41, 5.74) is 0. The maximum Gasteiger partial charge on any atom is 0.0235 e. The lowest BCUT2D eigenvalue weighted by Crippen LogP contribution is -2.36. The van der Waals surface area contributed by atoms with Crippen molar-refractivity contribution in [1.29, 1.82) is 0 Å². The van der Waals surface area contributed by atoms with E-state index in [2.05, 4.69) is 32.7 Å². The van der Waals surface area contributed by atoms with Gasteiger partial charge in [0.2, 0.25) is 0 Å². The summed E-state index contributed by atoms with van der Waals surface area (Å²) in [6.45, 7) is 8.95. The summed E-state index contributed by atoms with van der Waals surface area (Å²) in [5, 5.41) is 1.14. The Balaban J connectivity index is 1.74. The van der Waals surface area contributed by atoms with Crippen LogP contribution in [0.3, 0.4) is 0 Å². The summed E-state index contributed by atoms with van der Waals surface area (Å²) in [5.74, 6) is 0.794. The summed E-state index contributed by atoms with van der Waals surface area (Å²) in [6, 6.07) is 0.870. The summed E-state index contributed by atoms with van der Waals surface area (Å²) in [4.78, 5) is 5.35. The first-order chi connectivity index (χ1) is 7.29. The van der Waals surface area contributed by atoms with E-state index in [-0.39, 0.29) is 0 Å². The van der Waals surface area contributed by atoms with Crippen LogP contribution in [0.25, 0.3) is 0 Å². The third-order valence-electron chi connectivity index (χ3n) is 3.74. The van der Waals surface area contributed by atoms with Gasteiger partial charge in [-0.05, 0) is 44.8 Å². The number of hydrogen-bond donors (Lipinski definition) is 0. The monoisotopic (exact) mass is 274 g/mol. The zero-order valence-corrected chi connectivity index (χ0v) is 11.4. The van der Waals surface area contributed by atoms with Crippen LogP contribution < -0.4 is 0 Å². The van der Waals surface area contributed by atoms with Crippen molar-refractivity contribution in [3.05, 3.63) is 0 Å². The van der Waals surface area contributed by atoms with E-state index in [1.165, 1.54) is 52.0 Å². The predicted octanol–water partition coefficient (Wildman–Crippen LogP) is 2.19. The van der Waals surface area contributed by atoms with Crippen molar-refractivity contribution in [1.82, 2.24) is 9.80 Å². The van der Waals surface area contributed by atoms with Crippen LogP contribution in [0, 0.1) is 5.92 Å². The number of likely N-dealkylation sites (tertiary alicyclic amines) is 2. The van der Waals surface area contributed by atoms with Crippen molar-refractivity contribution in [2.45, 2.75) is 32.2 Å². The van der Waals surface area contributed by atoms with E-state index in [0.717, 1.165) is 17.3 Å². The largest absolute Gasteiger partial charge is 0.301 e. The molecule has 0 aromatic carbocycles. The number of alkyl halides is 1. The topological polar surface area (TPSA) is 6.48 Å². The maximum atomic E-state index is 3.57. The van der Waals surface area contributed by atoms with Crippen LogP contribution >= 0.6 is 15.9 Å². The molecule has 2 heterocycles. The molecule has 3 heteroatoms. The van der Waals surface area contributed by atoms with Crippen LogP contribution in [0.4, 0.5) is 0 Å². The first-order valence-electron chi connectivity index (χ1n) is 6.32. The summed E-state index contributed by atoms with van der Waals surface area (Å²) < 4.78 is 0. The summed E-state index contributed by atoms with van der Waals surface area (Å²) in [6.07, 6.45) is 4.25. The first kappa shape index (κ1) is 11.9. The molecule has 0 aliphatic carbocycles. The molecule has 2 saturated heterocycles. The van der Waals surface area contributed by atoms with Crippen LogP contribution in [-0.4, -0.2) is 53.9 Å². The number of halogens is 1. The third-order valence-corrected chi connectivity index (χ3v) is 4.84.